The lowest BCUT2D eigenvalue weighted by Crippen LogP contribution is -1.85. The molecular formula is C12H13O2+. The number of ether oxygens (including phenoxy) is 1. The molecule has 2 rings (SSSR count). The van der Waals surface area contributed by atoms with Crippen LogP contribution in [-0.2, 0) is 0 Å². The molecule has 0 N–H and O–H groups in total. The largest absolute Gasteiger partial charge is 0.496 e. The Morgan fingerprint density at radius 1 is 1.14 bits per heavy atom. The lowest BCUT2D eigenvalue weighted by Gasteiger charge is -1.97. The molecule has 0 atom stereocenters. The molecule has 0 bridgehead atoms. The maximum Gasteiger partial charge on any atom is 0.363 e. The van der Waals surface area contributed by atoms with Crippen LogP contribution in [0.25, 0.3) is 11.0 Å². The molecule has 0 amide bonds. The van der Waals surface area contributed by atoms with Crippen molar-refractivity contribution in [3.05, 3.63) is 35.6 Å². The molecule has 1 aromatic heterocycles. The van der Waals surface area contributed by atoms with Gasteiger partial charge in [-0.2, -0.15) is 0 Å². The third kappa shape index (κ3) is 1.43. The second-order valence-electron chi connectivity index (χ2n) is 3.39. The van der Waals surface area contributed by atoms with Crippen LogP contribution in [0.1, 0.15) is 11.3 Å². The van der Waals surface area contributed by atoms with Crippen molar-refractivity contribution in [2.75, 3.05) is 7.11 Å². The fraction of sp³-hybridized carbons (Fsp3) is 0.250. The molecular weight excluding hydrogens is 176 g/mol. The van der Waals surface area contributed by atoms with E-state index in [1.54, 1.807) is 7.11 Å². The Hall–Kier alpha value is -1.57. The summed E-state index contributed by atoms with van der Waals surface area (Å²) in [4.78, 5) is 0. The van der Waals surface area contributed by atoms with Crippen molar-refractivity contribution < 1.29 is 9.15 Å². The van der Waals surface area contributed by atoms with Gasteiger partial charge in [0, 0.05) is 5.56 Å². The molecule has 0 aliphatic heterocycles. The molecule has 1 heterocycles. The van der Waals surface area contributed by atoms with Gasteiger partial charge in [0.25, 0.3) is 0 Å². The van der Waals surface area contributed by atoms with Gasteiger partial charge < -0.3 is 4.74 Å². The molecule has 0 unspecified atom stereocenters. The molecule has 0 radical (unpaired) electrons. The monoisotopic (exact) mass is 189 g/mol. The predicted octanol–water partition coefficient (Wildman–Crippen LogP) is 3.34. The van der Waals surface area contributed by atoms with E-state index < -0.39 is 0 Å². The second-order valence-corrected chi connectivity index (χ2v) is 3.39. The van der Waals surface area contributed by atoms with E-state index in [0.29, 0.717) is 0 Å². The maximum absolute atomic E-state index is 5.65. The van der Waals surface area contributed by atoms with Gasteiger partial charge in [0.1, 0.15) is 5.75 Å². The SMILES string of the molecule is COc1ccc2cc(C)c(C)[o+]c2c1. The topological polar surface area (TPSA) is 20.5 Å². The number of benzene rings is 1. The molecule has 2 aromatic rings. The third-order valence-electron chi connectivity index (χ3n) is 2.41. The molecule has 0 fully saturated rings. The Morgan fingerprint density at radius 3 is 2.64 bits per heavy atom. The zero-order chi connectivity index (χ0) is 10.1. The Kier molecular flexibility index (Phi) is 2.12. The van der Waals surface area contributed by atoms with Crippen LogP contribution in [0, 0.1) is 13.8 Å². The van der Waals surface area contributed by atoms with Crippen molar-refractivity contribution >= 4 is 11.0 Å². The lowest BCUT2D eigenvalue weighted by atomic mass is 10.1. The van der Waals surface area contributed by atoms with Crippen LogP contribution in [0.2, 0.25) is 0 Å². The van der Waals surface area contributed by atoms with Crippen LogP contribution in [0.3, 0.4) is 0 Å². The summed E-state index contributed by atoms with van der Waals surface area (Å²) in [6, 6.07) is 7.96. The zero-order valence-electron chi connectivity index (χ0n) is 8.63. The Bertz CT molecular complexity index is 475. The Labute approximate surface area is 83.1 Å². The third-order valence-corrected chi connectivity index (χ3v) is 2.41. The van der Waals surface area contributed by atoms with Gasteiger partial charge in [-0.15, -0.1) is 0 Å². The first-order valence-corrected chi connectivity index (χ1v) is 4.59. The zero-order valence-corrected chi connectivity index (χ0v) is 8.63. The number of hydrogen-bond acceptors (Lipinski definition) is 1. The summed E-state index contributed by atoms with van der Waals surface area (Å²) in [5.74, 6) is 1.77. The van der Waals surface area contributed by atoms with Crippen LogP contribution in [0.15, 0.2) is 28.7 Å². The minimum absolute atomic E-state index is 0.824. The molecule has 0 aliphatic rings. The van der Waals surface area contributed by atoms with Gasteiger partial charge in [-0.05, 0) is 25.1 Å². The van der Waals surface area contributed by atoms with Gasteiger partial charge in [0.15, 0.2) is 0 Å². The first-order valence-electron chi connectivity index (χ1n) is 4.59. The quantitative estimate of drug-likeness (QED) is 0.641. The molecule has 72 valence electrons. The normalized spacial score (nSPS) is 10.5. The van der Waals surface area contributed by atoms with Crippen LogP contribution in [0.5, 0.6) is 5.75 Å². The highest BCUT2D eigenvalue weighted by atomic mass is 16.5. The highest BCUT2D eigenvalue weighted by Gasteiger charge is 2.12. The van der Waals surface area contributed by atoms with Crippen molar-refractivity contribution in [2.45, 2.75) is 13.8 Å². The molecule has 2 nitrogen and oxygen atoms in total. The van der Waals surface area contributed by atoms with Crippen molar-refractivity contribution in [2.24, 2.45) is 0 Å². The number of hydrogen-bond donors (Lipinski definition) is 0. The van der Waals surface area contributed by atoms with Gasteiger partial charge in [-0.1, -0.05) is 0 Å². The number of methoxy groups -OCH3 is 1. The average molecular weight is 189 g/mol. The Balaban J connectivity index is 2.70. The molecule has 2 heteroatoms. The van der Waals surface area contributed by atoms with E-state index in [-0.39, 0.29) is 0 Å². The van der Waals surface area contributed by atoms with Gasteiger partial charge >= 0.3 is 11.3 Å². The standard InChI is InChI=1S/C12H13O2/c1-8-6-10-4-5-11(13-3)7-12(10)14-9(8)2/h4-7H,1-3H3/q+1. The molecule has 0 aliphatic carbocycles. The minimum Gasteiger partial charge on any atom is -0.496 e. The highest BCUT2D eigenvalue weighted by molar-refractivity contribution is 5.78. The number of rotatable bonds is 1. The first kappa shape index (κ1) is 9.00. The molecule has 14 heavy (non-hydrogen) atoms. The van der Waals surface area contributed by atoms with E-state index in [1.807, 2.05) is 32.0 Å². The highest BCUT2D eigenvalue weighted by Crippen LogP contribution is 2.23. The van der Waals surface area contributed by atoms with Gasteiger partial charge in [-0.3, -0.25) is 0 Å². The van der Waals surface area contributed by atoms with E-state index in [0.717, 1.165) is 22.5 Å². The fourth-order valence-corrected chi connectivity index (χ4v) is 1.43. The van der Waals surface area contributed by atoms with Crippen LogP contribution in [0.4, 0.5) is 0 Å². The molecule has 0 spiro atoms. The lowest BCUT2D eigenvalue weighted by molar-refractivity contribution is 0.414. The summed E-state index contributed by atoms with van der Waals surface area (Å²) in [7, 11) is 1.65. The van der Waals surface area contributed by atoms with Crippen molar-refractivity contribution in [1.82, 2.24) is 0 Å². The van der Waals surface area contributed by atoms with Crippen molar-refractivity contribution in [1.29, 1.82) is 0 Å². The molecule has 1 aromatic carbocycles. The van der Waals surface area contributed by atoms with Gasteiger partial charge in [-0.25, -0.2) is 4.42 Å². The maximum atomic E-state index is 5.65. The fourth-order valence-electron chi connectivity index (χ4n) is 1.43. The van der Waals surface area contributed by atoms with E-state index in [9.17, 15) is 0 Å². The summed E-state index contributed by atoms with van der Waals surface area (Å²) >= 11 is 0. The van der Waals surface area contributed by atoms with E-state index >= 15 is 0 Å². The smallest absolute Gasteiger partial charge is 0.363 e. The van der Waals surface area contributed by atoms with E-state index in [2.05, 4.69) is 6.07 Å². The minimum atomic E-state index is 0.824. The molecule has 0 saturated carbocycles. The first-order chi connectivity index (χ1) is 6.70. The second kappa shape index (κ2) is 3.29. The van der Waals surface area contributed by atoms with Gasteiger partial charge in [0.05, 0.1) is 25.5 Å². The Morgan fingerprint density at radius 2 is 1.93 bits per heavy atom. The summed E-state index contributed by atoms with van der Waals surface area (Å²) < 4.78 is 10.8. The molecule has 0 saturated heterocycles. The summed E-state index contributed by atoms with van der Waals surface area (Å²) in [5.41, 5.74) is 2.04. The van der Waals surface area contributed by atoms with E-state index in [1.165, 1.54) is 5.56 Å². The number of fused-ring (bicyclic) bond motifs is 1. The summed E-state index contributed by atoms with van der Waals surface area (Å²) in [6.07, 6.45) is 0. The van der Waals surface area contributed by atoms with Crippen molar-refractivity contribution in [3.63, 3.8) is 0 Å². The van der Waals surface area contributed by atoms with E-state index in [4.69, 9.17) is 9.15 Å². The van der Waals surface area contributed by atoms with Crippen LogP contribution in [-0.4, -0.2) is 7.11 Å². The average Bonchev–Trinajstić information content (AvgIpc) is 2.19. The summed E-state index contributed by atoms with van der Waals surface area (Å²) in [6.45, 7) is 4.01. The van der Waals surface area contributed by atoms with Crippen LogP contribution < -0.4 is 4.74 Å². The van der Waals surface area contributed by atoms with Crippen LogP contribution >= 0.6 is 0 Å². The summed E-state index contributed by atoms with van der Waals surface area (Å²) in [5, 5.41) is 1.11. The number of aryl methyl sites for hydroxylation is 2. The predicted molar refractivity (Wildman–Crippen MR) is 56.6 cm³/mol. The van der Waals surface area contributed by atoms with Gasteiger partial charge in [0.2, 0.25) is 0 Å². The van der Waals surface area contributed by atoms with Crippen molar-refractivity contribution in [3.8, 4) is 5.75 Å².